The highest BCUT2D eigenvalue weighted by Gasteiger charge is 2.23. The second kappa shape index (κ2) is 6.01. The van der Waals surface area contributed by atoms with Crippen molar-refractivity contribution in [2.24, 2.45) is 5.92 Å². The largest absolute Gasteiger partial charge is 0.391 e. The molecule has 2 N–H and O–H groups in total. The third-order valence-corrected chi connectivity index (χ3v) is 3.81. The first-order valence-electron chi connectivity index (χ1n) is 6.70. The van der Waals surface area contributed by atoms with Gasteiger partial charge in [0, 0.05) is 12.1 Å². The number of rotatable bonds is 4. The predicted molar refractivity (Wildman–Crippen MR) is 71.5 cm³/mol. The van der Waals surface area contributed by atoms with E-state index in [9.17, 15) is 9.90 Å². The summed E-state index contributed by atoms with van der Waals surface area (Å²) in [5, 5.41) is 12.8. The summed E-state index contributed by atoms with van der Waals surface area (Å²) >= 11 is 0. The molecule has 18 heavy (non-hydrogen) atoms. The van der Waals surface area contributed by atoms with Gasteiger partial charge in [-0.25, -0.2) is 0 Å². The molecule has 0 aromatic heterocycles. The Balaban J connectivity index is 1.86. The van der Waals surface area contributed by atoms with E-state index >= 15 is 0 Å². The van der Waals surface area contributed by atoms with Crippen molar-refractivity contribution in [3.8, 4) is 0 Å². The average Bonchev–Trinajstić information content (AvgIpc) is 2.90. The van der Waals surface area contributed by atoms with E-state index in [1.807, 2.05) is 31.2 Å². The van der Waals surface area contributed by atoms with Gasteiger partial charge in [0.15, 0.2) is 0 Å². The van der Waals surface area contributed by atoms with E-state index in [1.54, 1.807) is 0 Å². The molecule has 1 aliphatic carbocycles. The Morgan fingerprint density at radius 3 is 2.72 bits per heavy atom. The summed E-state index contributed by atoms with van der Waals surface area (Å²) < 4.78 is 0. The molecule has 1 amide bonds. The molecule has 3 nitrogen and oxygen atoms in total. The third-order valence-electron chi connectivity index (χ3n) is 3.81. The third kappa shape index (κ3) is 3.10. The summed E-state index contributed by atoms with van der Waals surface area (Å²) in [5.41, 5.74) is 1.65. The Bertz CT molecular complexity index is 411. The van der Waals surface area contributed by atoms with Crippen LogP contribution >= 0.6 is 0 Å². The summed E-state index contributed by atoms with van der Waals surface area (Å²) in [6, 6.07) is 7.50. The first-order valence-corrected chi connectivity index (χ1v) is 6.70. The van der Waals surface area contributed by atoms with Gasteiger partial charge in [-0.15, -0.1) is 0 Å². The highest BCUT2D eigenvalue weighted by Crippen LogP contribution is 2.27. The van der Waals surface area contributed by atoms with Crippen LogP contribution in [0.4, 0.5) is 0 Å². The summed E-state index contributed by atoms with van der Waals surface area (Å²) in [4.78, 5) is 12.0. The first-order chi connectivity index (χ1) is 8.68. The number of carbonyl (C=O) groups is 1. The quantitative estimate of drug-likeness (QED) is 0.857. The molecule has 3 heteroatoms. The molecule has 98 valence electrons. The maximum absolute atomic E-state index is 12.0. The van der Waals surface area contributed by atoms with Crippen LogP contribution in [-0.2, 0) is 0 Å². The SMILES string of the molecule is Cc1ccccc1C(=O)NCC(O)C1CCCC1. The van der Waals surface area contributed by atoms with Crippen molar-refractivity contribution < 1.29 is 9.90 Å². The average molecular weight is 247 g/mol. The zero-order valence-electron chi connectivity index (χ0n) is 10.9. The number of benzene rings is 1. The molecule has 0 spiro atoms. The lowest BCUT2D eigenvalue weighted by atomic mass is 10.0. The van der Waals surface area contributed by atoms with Crippen molar-refractivity contribution >= 4 is 5.91 Å². The van der Waals surface area contributed by atoms with Crippen molar-refractivity contribution in [3.05, 3.63) is 35.4 Å². The molecular weight excluding hydrogens is 226 g/mol. The van der Waals surface area contributed by atoms with Gasteiger partial charge in [-0.05, 0) is 37.3 Å². The van der Waals surface area contributed by atoms with Crippen LogP contribution in [0.1, 0.15) is 41.6 Å². The number of nitrogens with one attached hydrogen (secondary N) is 1. The second-order valence-electron chi connectivity index (χ2n) is 5.14. The maximum atomic E-state index is 12.0. The predicted octanol–water partition coefficient (Wildman–Crippen LogP) is 2.28. The molecule has 0 aliphatic heterocycles. The molecule has 0 saturated heterocycles. The monoisotopic (exact) mass is 247 g/mol. The minimum atomic E-state index is -0.402. The van der Waals surface area contributed by atoms with Gasteiger partial charge in [0.2, 0.25) is 0 Å². The van der Waals surface area contributed by atoms with E-state index < -0.39 is 6.10 Å². The maximum Gasteiger partial charge on any atom is 0.251 e. The highest BCUT2D eigenvalue weighted by molar-refractivity contribution is 5.95. The van der Waals surface area contributed by atoms with Crippen molar-refractivity contribution in [2.45, 2.75) is 38.7 Å². The van der Waals surface area contributed by atoms with Crippen LogP contribution in [0.3, 0.4) is 0 Å². The Labute approximate surface area is 108 Å². The van der Waals surface area contributed by atoms with Crippen molar-refractivity contribution in [1.82, 2.24) is 5.32 Å². The number of aliphatic hydroxyl groups is 1. The van der Waals surface area contributed by atoms with E-state index in [2.05, 4.69) is 5.32 Å². The van der Waals surface area contributed by atoms with E-state index in [4.69, 9.17) is 0 Å². The van der Waals surface area contributed by atoms with Gasteiger partial charge in [-0.3, -0.25) is 4.79 Å². The fourth-order valence-electron chi connectivity index (χ4n) is 2.63. The van der Waals surface area contributed by atoms with Crippen LogP contribution in [0.5, 0.6) is 0 Å². The zero-order chi connectivity index (χ0) is 13.0. The van der Waals surface area contributed by atoms with Crippen LogP contribution < -0.4 is 5.32 Å². The van der Waals surface area contributed by atoms with Gasteiger partial charge in [-0.2, -0.15) is 0 Å². The molecule has 1 unspecified atom stereocenters. The number of hydrogen-bond donors (Lipinski definition) is 2. The molecule has 0 heterocycles. The van der Waals surface area contributed by atoms with Crippen molar-refractivity contribution in [1.29, 1.82) is 0 Å². The number of hydrogen-bond acceptors (Lipinski definition) is 2. The molecule has 1 atom stereocenters. The van der Waals surface area contributed by atoms with Crippen molar-refractivity contribution in [2.75, 3.05) is 6.54 Å². The lowest BCUT2D eigenvalue weighted by molar-refractivity contribution is 0.0840. The van der Waals surface area contributed by atoms with Crippen LogP contribution in [0, 0.1) is 12.8 Å². The summed E-state index contributed by atoms with van der Waals surface area (Å²) in [5.74, 6) is 0.271. The first kappa shape index (κ1) is 13.1. The van der Waals surface area contributed by atoms with Gasteiger partial charge in [0.1, 0.15) is 0 Å². The Morgan fingerprint density at radius 1 is 1.39 bits per heavy atom. The molecule has 1 fully saturated rings. The van der Waals surface area contributed by atoms with Crippen LogP contribution in [0.25, 0.3) is 0 Å². The van der Waals surface area contributed by atoms with E-state index in [0.717, 1.165) is 18.4 Å². The van der Waals surface area contributed by atoms with Crippen LogP contribution in [0.2, 0.25) is 0 Å². The molecule has 2 rings (SSSR count). The topological polar surface area (TPSA) is 49.3 Å². The lowest BCUT2D eigenvalue weighted by Gasteiger charge is -2.18. The highest BCUT2D eigenvalue weighted by atomic mass is 16.3. The summed E-state index contributed by atoms with van der Waals surface area (Å²) in [6.07, 6.45) is 4.17. The van der Waals surface area contributed by atoms with Gasteiger partial charge in [0.05, 0.1) is 6.10 Å². The Kier molecular flexibility index (Phi) is 4.37. The molecule has 1 aliphatic rings. The Morgan fingerprint density at radius 2 is 2.06 bits per heavy atom. The molecule has 0 bridgehead atoms. The number of aryl methyl sites for hydroxylation is 1. The number of aliphatic hydroxyl groups excluding tert-OH is 1. The summed E-state index contributed by atoms with van der Waals surface area (Å²) in [7, 11) is 0. The fourth-order valence-corrected chi connectivity index (χ4v) is 2.63. The molecular formula is C15H21NO2. The van der Waals surface area contributed by atoms with Crippen LogP contribution in [0.15, 0.2) is 24.3 Å². The molecule has 1 saturated carbocycles. The van der Waals surface area contributed by atoms with E-state index in [-0.39, 0.29) is 5.91 Å². The van der Waals surface area contributed by atoms with Gasteiger partial charge >= 0.3 is 0 Å². The Hall–Kier alpha value is -1.35. The minimum Gasteiger partial charge on any atom is -0.391 e. The smallest absolute Gasteiger partial charge is 0.251 e. The lowest BCUT2D eigenvalue weighted by Crippen LogP contribution is -2.35. The summed E-state index contributed by atoms with van der Waals surface area (Å²) in [6.45, 7) is 2.28. The van der Waals surface area contributed by atoms with Crippen LogP contribution in [-0.4, -0.2) is 23.7 Å². The van der Waals surface area contributed by atoms with E-state index in [1.165, 1.54) is 12.8 Å². The fraction of sp³-hybridized carbons (Fsp3) is 0.533. The number of amides is 1. The molecule has 0 radical (unpaired) electrons. The van der Waals surface area contributed by atoms with Gasteiger partial charge in [0.25, 0.3) is 5.91 Å². The second-order valence-corrected chi connectivity index (χ2v) is 5.14. The minimum absolute atomic E-state index is 0.0925. The zero-order valence-corrected chi connectivity index (χ0v) is 10.9. The number of carbonyl (C=O) groups excluding carboxylic acids is 1. The molecule has 1 aromatic rings. The van der Waals surface area contributed by atoms with E-state index in [0.29, 0.717) is 18.0 Å². The normalized spacial score (nSPS) is 17.7. The van der Waals surface area contributed by atoms with Gasteiger partial charge < -0.3 is 10.4 Å². The molecule has 1 aromatic carbocycles. The standard InChI is InChI=1S/C15H21NO2/c1-11-6-2-5-9-13(11)15(18)16-10-14(17)12-7-3-4-8-12/h2,5-6,9,12,14,17H,3-4,7-8,10H2,1H3,(H,16,18). The van der Waals surface area contributed by atoms with Crippen molar-refractivity contribution in [3.63, 3.8) is 0 Å². The van der Waals surface area contributed by atoms with Gasteiger partial charge in [-0.1, -0.05) is 31.0 Å².